The number of hydrogen-bond acceptors (Lipinski definition) is 20. The molecule has 4 aliphatic heterocycles. The van der Waals surface area contributed by atoms with Crippen molar-refractivity contribution >= 4 is 63.4 Å². The fraction of sp³-hybridized carbons (Fsp3) is 0.581. The maximum absolute atomic E-state index is 6.44. The molecule has 4 aliphatic rings. The third-order valence-electron chi connectivity index (χ3n) is 11.0. The van der Waals surface area contributed by atoms with Crippen LogP contribution in [0.15, 0.2) is 24.8 Å². The number of nitrogens with two attached hydrogens (primary N) is 2. The molecule has 0 aliphatic carbocycles. The monoisotopic (exact) mass is 929 g/mol. The molecule has 22 nitrogen and oxygen atoms in total. The topological polar surface area (TPSA) is 255 Å². The number of nitrogens with one attached hydrogen (secondary N) is 3. The number of nitrogens with zero attached hydrogens (tertiary/aromatic N) is 15. The molecule has 0 atom stereocenters. The summed E-state index contributed by atoms with van der Waals surface area (Å²) >= 11 is 6.44. The van der Waals surface area contributed by atoms with Crippen molar-refractivity contribution in [3.63, 3.8) is 0 Å². The average molecular weight is 930 g/mol. The fourth-order valence-corrected chi connectivity index (χ4v) is 8.09. The van der Waals surface area contributed by atoms with Crippen LogP contribution in [-0.4, -0.2) is 164 Å². The molecule has 10 heterocycles. The van der Waals surface area contributed by atoms with E-state index >= 15 is 0 Å². The van der Waals surface area contributed by atoms with Crippen molar-refractivity contribution in [1.29, 1.82) is 0 Å². The molecule has 0 aromatic carbocycles. The predicted molar refractivity (Wildman–Crippen MR) is 260 cm³/mol. The van der Waals surface area contributed by atoms with Crippen LogP contribution in [-0.2, 0) is 22.6 Å². The van der Waals surface area contributed by atoms with E-state index in [4.69, 9.17) is 57.5 Å². The van der Waals surface area contributed by atoms with E-state index in [2.05, 4.69) is 87.8 Å². The molecule has 6 aromatic heterocycles. The molecule has 66 heavy (non-hydrogen) atoms. The molecule has 356 valence electrons. The zero-order valence-corrected chi connectivity index (χ0v) is 38.5. The number of imidazole rings is 2. The quantitative estimate of drug-likeness (QED) is 0.131. The third-order valence-corrected chi connectivity index (χ3v) is 11.3. The van der Waals surface area contributed by atoms with Gasteiger partial charge in [0.25, 0.3) is 0 Å². The van der Waals surface area contributed by atoms with Crippen LogP contribution in [0.5, 0.6) is 0 Å². The summed E-state index contributed by atoms with van der Waals surface area (Å²) in [6.45, 7) is 24.1. The normalized spacial score (nSPS) is 16.8. The molecule has 0 unspecified atom stereocenters. The van der Waals surface area contributed by atoms with Gasteiger partial charge in [0.1, 0.15) is 0 Å². The molecule has 0 saturated carbocycles. The van der Waals surface area contributed by atoms with Gasteiger partial charge in [0.05, 0.1) is 37.6 Å². The highest BCUT2D eigenvalue weighted by Gasteiger charge is 2.27. The van der Waals surface area contributed by atoms with E-state index in [1.807, 2.05) is 4.57 Å². The molecule has 0 spiro atoms. The van der Waals surface area contributed by atoms with E-state index in [0.29, 0.717) is 78.5 Å². The van der Waals surface area contributed by atoms with Crippen LogP contribution in [0.4, 0.5) is 29.5 Å². The number of piperazine rings is 2. The average Bonchev–Trinajstić information content (AvgIpc) is 3.85. The van der Waals surface area contributed by atoms with E-state index in [-0.39, 0.29) is 19.3 Å². The summed E-state index contributed by atoms with van der Waals surface area (Å²) in [5, 5.41) is 10.3. The molecule has 23 heteroatoms. The molecule has 6 aromatic rings. The lowest BCUT2D eigenvalue weighted by Crippen LogP contribution is -2.44. The second-order valence-corrected chi connectivity index (χ2v) is 17.3. The largest absolute Gasteiger partial charge is 0.378 e. The second kappa shape index (κ2) is 22.7. The molecule has 4 saturated heterocycles. The van der Waals surface area contributed by atoms with Crippen molar-refractivity contribution < 1.29 is 9.47 Å². The Balaban J connectivity index is 0.000000174. The Morgan fingerprint density at radius 1 is 0.545 bits per heavy atom. The number of halogens is 1. The number of ether oxygens (including phenoxy) is 2. The number of hydrogen-bond donors (Lipinski definition) is 5. The summed E-state index contributed by atoms with van der Waals surface area (Å²) in [5.74, 6) is 4.92. The Labute approximate surface area is 390 Å². The smallest absolute Gasteiger partial charge is 0.219 e. The Kier molecular flexibility index (Phi) is 16.6. The molecule has 7 N–H and O–H groups in total. The minimum absolute atomic E-state index is 0. The Morgan fingerprint density at radius 2 is 0.955 bits per heavy atom. The molecular weight excluding hydrogens is 864 g/mol. The van der Waals surface area contributed by atoms with Crippen molar-refractivity contribution in [2.45, 2.75) is 48.2 Å². The van der Waals surface area contributed by atoms with Crippen molar-refractivity contribution in [2.24, 2.45) is 11.8 Å². The van der Waals surface area contributed by atoms with Gasteiger partial charge in [-0.1, -0.05) is 35.1 Å². The Bertz CT molecular complexity index is 2450. The summed E-state index contributed by atoms with van der Waals surface area (Å²) in [7, 11) is 0. The van der Waals surface area contributed by atoms with Crippen LogP contribution in [0.1, 0.15) is 35.1 Å². The summed E-state index contributed by atoms with van der Waals surface area (Å²) in [6, 6.07) is 0. The van der Waals surface area contributed by atoms with Crippen LogP contribution >= 0.6 is 11.6 Å². The van der Waals surface area contributed by atoms with Crippen molar-refractivity contribution in [3.8, 4) is 22.8 Å². The number of aromatic nitrogens is 12. The summed E-state index contributed by atoms with van der Waals surface area (Å²) in [4.78, 5) is 52.2. The molecule has 0 radical (unpaired) electrons. The van der Waals surface area contributed by atoms with E-state index in [1.165, 1.54) is 0 Å². The minimum atomic E-state index is 0. The van der Waals surface area contributed by atoms with Gasteiger partial charge in [-0.05, 0) is 23.4 Å². The molecular formula is C43H65ClN20O2. The van der Waals surface area contributed by atoms with Crippen LogP contribution in [0.2, 0.25) is 5.28 Å². The molecule has 0 bridgehead atoms. The lowest BCUT2D eigenvalue weighted by Gasteiger charge is -2.29. The second-order valence-electron chi connectivity index (χ2n) is 17.0. The predicted octanol–water partition coefficient (Wildman–Crippen LogP) is 2.59. The van der Waals surface area contributed by atoms with E-state index < -0.39 is 0 Å². The molecule has 10 rings (SSSR count). The van der Waals surface area contributed by atoms with Gasteiger partial charge in [-0.3, -0.25) is 9.13 Å². The fourth-order valence-electron chi connectivity index (χ4n) is 7.86. The van der Waals surface area contributed by atoms with Gasteiger partial charge in [-0.25, -0.2) is 49.8 Å². The first-order valence-electron chi connectivity index (χ1n) is 22.5. The summed E-state index contributed by atoms with van der Waals surface area (Å²) < 4.78 is 15.2. The Morgan fingerprint density at radius 3 is 1.39 bits per heavy atom. The first kappa shape index (κ1) is 48.3. The summed E-state index contributed by atoms with van der Waals surface area (Å²) in [5.41, 5.74) is 15.8. The minimum Gasteiger partial charge on any atom is -0.378 e. The van der Waals surface area contributed by atoms with Gasteiger partial charge in [0.2, 0.25) is 23.1 Å². The zero-order valence-electron chi connectivity index (χ0n) is 37.7. The Hall–Kier alpha value is -5.65. The first-order valence-corrected chi connectivity index (χ1v) is 22.9. The van der Waals surface area contributed by atoms with Gasteiger partial charge < -0.3 is 51.6 Å². The van der Waals surface area contributed by atoms with Crippen molar-refractivity contribution in [2.75, 3.05) is 131 Å². The number of rotatable bonds is 9. The lowest BCUT2D eigenvalue weighted by atomic mass is 10.2. The van der Waals surface area contributed by atoms with Crippen LogP contribution in [0, 0.1) is 11.8 Å². The van der Waals surface area contributed by atoms with Gasteiger partial charge >= 0.3 is 0 Å². The van der Waals surface area contributed by atoms with Crippen molar-refractivity contribution in [3.05, 3.63) is 30.1 Å². The highest BCUT2D eigenvalue weighted by Crippen LogP contribution is 2.33. The van der Waals surface area contributed by atoms with Gasteiger partial charge in [0, 0.05) is 116 Å². The number of fused-ring (bicyclic) bond motifs is 2. The lowest BCUT2D eigenvalue weighted by molar-refractivity contribution is 0.122. The van der Waals surface area contributed by atoms with Crippen molar-refractivity contribution in [1.82, 2.24) is 74.9 Å². The van der Waals surface area contributed by atoms with Gasteiger partial charge in [-0.15, -0.1) is 0 Å². The van der Waals surface area contributed by atoms with Crippen LogP contribution in [0.25, 0.3) is 45.1 Å². The maximum Gasteiger partial charge on any atom is 0.219 e. The highest BCUT2D eigenvalue weighted by atomic mass is 35.5. The van der Waals surface area contributed by atoms with E-state index in [9.17, 15) is 0 Å². The standard InChI is InChI=1S/C21H30N10O.C17H21ClN8O.C4H10N2.CH4/c1-14(2)13-31-19-16(26-21(31)30-5-3-23-4-6-30)18(29-7-9-32-10-8-29)27-17(28-19)15-11-24-20(22)25-12-15;1-10(2)9-26-15-12(22-16(26)18)14(25-3-5-27-6-4-25)23-13(24-15)11-7-20-17(19)21-8-11;1-2-6-4-3-5-1;/h11-12,14,23H,3-10,13H2,1-2H3,(H2,22,24,25);7-8,10H,3-6,9H2,1-2H3,(H2,19,20,21);5-6H,1-4H2;1H4. The summed E-state index contributed by atoms with van der Waals surface area (Å²) in [6.07, 6.45) is 6.59. The highest BCUT2D eigenvalue weighted by molar-refractivity contribution is 6.29. The van der Waals surface area contributed by atoms with Crippen LogP contribution < -0.4 is 42.1 Å². The number of anilines is 5. The maximum atomic E-state index is 6.44. The molecule has 4 fully saturated rings. The van der Waals surface area contributed by atoms with E-state index in [0.717, 1.165) is 119 Å². The SMILES string of the molecule is C.C1CNCCN1.CC(C)Cn1c(Cl)nc2c(N3CCOCC3)nc(-c3cnc(N)nc3)nc21.CC(C)Cn1c(N2CCNCC2)nc2c(N3CCOCC3)nc(-c3cnc(N)nc3)nc21. The molecule has 0 amide bonds. The van der Waals surface area contributed by atoms with E-state index in [1.54, 1.807) is 24.8 Å². The first-order chi connectivity index (χ1) is 31.6. The zero-order chi connectivity index (χ0) is 45.3. The van der Waals surface area contributed by atoms with Crippen LogP contribution in [0.3, 0.4) is 0 Å². The number of nitrogen functional groups attached to an aromatic ring is 2. The van der Waals surface area contributed by atoms with Gasteiger partial charge in [-0.2, -0.15) is 0 Å². The number of morpholine rings is 2. The third kappa shape index (κ3) is 11.6. The van der Waals surface area contributed by atoms with Gasteiger partial charge in [0.15, 0.2) is 45.6 Å².